The minimum Gasteiger partial charge on any atom is -0.508 e. The molecule has 0 aliphatic carbocycles. The van der Waals surface area contributed by atoms with Gasteiger partial charge in [-0.05, 0) is 48.5 Å². The SMILES string of the molecule is O=c1ccc(N=Nc2ccc(O)cc2)ccc1O. The fourth-order valence-electron chi connectivity index (χ4n) is 1.25. The minimum atomic E-state index is -0.471. The maximum atomic E-state index is 11.1. The fourth-order valence-corrected chi connectivity index (χ4v) is 1.25. The highest BCUT2D eigenvalue weighted by Crippen LogP contribution is 2.20. The number of phenolic OH excluding ortho intramolecular Hbond substituents is 1. The maximum absolute atomic E-state index is 11.1. The normalized spacial score (nSPS) is 10.7. The van der Waals surface area contributed by atoms with Crippen molar-refractivity contribution in [3.05, 3.63) is 58.8 Å². The third-order valence-electron chi connectivity index (χ3n) is 2.20. The van der Waals surface area contributed by atoms with Crippen LogP contribution in [0.5, 0.6) is 11.5 Å². The van der Waals surface area contributed by atoms with Gasteiger partial charge in [-0.2, -0.15) is 10.2 Å². The maximum Gasteiger partial charge on any atom is 0.220 e. The molecule has 0 aromatic heterocycles. The first-order valence-corrected chi connectivity index (χ1v) is 5.19. The van der Waals surface area contributed by atoms with Crippen molar-refractivity contribution in [2.75, 3.05) is 0 Å². The zero-order valence-electron chi connectivity index (χ0n) is 9.32. The summed E-state index contributed by atoms with van der Waals surface area (Å²) in [7, 11) is 0. The Morgan fingerprint density at radius 1 is 0.722 bits per heavy atom. The third kappa shape index (κ3) is 2.91. The average molecular weight is 242 g/mol. The largest absolute Gasteiger partial charge is 0.508 e. The van der Waals surface area contributed by atoms with E-state index in [4.69, 9.17) is 5.11 Å². The summed E-state index contributed by atoms with van der Waals surface area (Å²) in [6.07, 6.45) is 0. The lowest BCUT2D eigenvalue weighted by Crippen LogP contribution is -1.90. The van der Waals surface area contributed by atoms with Gasteiger partial charge in [0.15, 0.2) is 5.75 Å². The third-order valence-corrected chi connectivity index (χ3v) is 2.20. The average Bonchev–Trinajstić information content (AvgIpc) is 2.53. The van der Waals surface area contributed by atoms with Gasteiger partial charge in [-0.25, -0.2) is 0 Å². The van der Waals surface area contributed by atoms with Gasteiger partial charge >= 0.3 is 0 Å². The molecule has 0 saturated heterocycles. The molecule has 2 rings (SSSR count). The molecule has 0 aliphatic rings. The van der Waals surface area contributed by atoms with E-state index in [0.29, 0.717) is 11.4 Å². The van der Waals surface area contributed by atoms with Gasteiger partial charge in [0.25, 0.3) is 0 Å². The summed E-state index contributed by atoms with van der Waals surface area (Å²) in [6, 6.07) is 11.7. The molecule has 0 amide bonds. The van der Waals surface area contributed by atoms with Crippen LogP contribution in [0.3, 0.4) is 0 Å². The van der Waals surface area contributed by atoms with Gasteiger partial charge in [0.1, 0.15) is 5.75 Å². The van der Waals surface area contributed by atoms with Crippen molar-refractivity contribution >= 4 is 11.4 Å². The molecule has 0 spiro atoms. The smallest absolute Gasteiger partial charge is 0.220 e. The van der Waals surface area contributed by atoms with Crippen molar-refractivity contribution in [3.8, 4) is 11.5 Å². The second-order valence-corrected chi connectivity index (χ2v) is 3.56. The number of hydrogen-bond donors (Lipinski definition) is 2. The number of phenols is 1. The van der Waals surface area contributed by atoms with Gasteiger partial charge in [-0.1, -0.05) is 0 Å². The Labute approximate surface area is 103 Å². The summed E-state index contributed by atoms with van der Waals surface area (Å²) in [6.45, 7) is 0. The van der Waals surface area contributed by atoms with Crippen LogP contribution in [-0.2, 0) is 0 Å². The summed E-state index contributed by atoms with van der Waals surface area (Å²) >= 11 is 0. The van der Waals surface area contributed by atoms with Crippen LogP contribution in [0.25, 0.3) is 0 Å². The van der Waals surface area contributed by atoms with E-state index in [1.54, 1.807) is 12.1 Å². The van der Waals surface area contributed by atoms with Crippen LogP contribution in [0.15, 0.2) is 63.6 Å². The van der Waals surface area contributed by atoms with Crippen molar-refractivity contribution in [1.29, 1.82) is 0 Å². The Morgan fingerprint density at radius 3 is 1.83 bits per heavy atom. The molecule has 2 aromatic carbocycles. The molecule has 0 heterocycles. The van der Waals surface area contributed by atoms with E-state index in [0.717, 1.165) is 0 Å². The second kappa shape index (κ2) is 5.09. The molecule has 0 fully saturated rings. The van der Waals surface area contributed by atoms with Crippen LogP contribution in [0.1, 0.15) is 0 Å². The zero-order chi connectivity index (χ0) is 13.0. The first-order valence-electron chi connectivity index (χ1n) is 5.19. The number of hydrogen-bond acceptors (Lipinski definition) is 5. The Bertz CT molecular complexity index is 636. The molecule has 90 valence electrons. The molecular formula is C13H10N2O3. The topological polar surface area (TPSA) is 82.2 Å². The van der Waals surface area contributed by atoms with Crippen LogP contribution in [0.2, 0.25) is 0 Å². The van der Waals surface area contributed by atoms with Gasteiger partial charge in [-0.3, -0.25) is 4.79 Å². The molecule has 0 radical (unpaired) electrons. The summed E-state index contributed by atoms with van der Waals surface area (Å²) in [4.78, 5) is 11.1. The molecule has 0 atom stereocenters. The molecule has 5 nitrogen and oxygen atoms in total. The predicted octanol–water partition coefficient (Wildman–Crippen LogP) is 2.87. The standard InChI is InChI=1S/C13H10N2O3/c16-11-5-1-9(2-6-11)14-15-10-3-7-12(17)13(18)8-4-10/h1-8,16H,(H,17,18). The van der Waals surface area contributed by atoms with Gasteiger partial charge in [0, 0.05) is 0 Å². The first-order chi connectivity index (χ1) is 8.65. The van der Waals surface area contributed by atoms with E-state index in [9.17, 15) is 9.90 Å². The molecule has 5 heteroatoms. The van der Waals surface area contributed by atoms with E-state index in [-0.39, 0.29) is 11.5 Å². The Balaban J connectivity index is 2.27. The number of rotatable bonds is 2. The number of azo groups is 1. The molecular weight excluding hydrogens is 232 g/mol. The van der Waals surface area contributed by atoms with E-state index in [1.165, 1.54) is 36.4 Å². The van der Waals surface area contributed by atoms with Gasteiger partial charge < -0.3 is 10.2 Å². The highest BCUT2D eigenvalue weighted by molar-refractivity contribution is 5.42. The van der Waals surface area contributed by atoms with Crippen LogP contribution in [-0.4, -0.2) is 10.2 Å². The predicted molar refractivity (Wildman–Crippen MR) is 66.7 cm³/mol. The monoisotopic (exact) mass is 242 g/mol. The summed E-state index contributed by atoms with van der Waals surface area (Å²) in [5.74, 6) is -0.179. The van der Waals surface area contributed by atoms with Gasteiger partial charge in [0.05, 0.1) is 11.4 Å². The second-order valence-electron chi connectivity index (χ2n) is 3.56. The summed E-state index contributed by atoms with van der Waals surface area (Å²) in [5.41, 5.74) is 0.549. The van der Waals surface area contributed by atoms with Crippen molar-refractivity contribution < 1.29 is 10.2 Å². The number of benzene rings is 1. The van der Waals surface area contributed by atoms with E-state index in [2.05, 4.69) is 10.2 Å². The van der Waals surface area contributed by atoms with Gasteiger partial charge in [-0.15, -0.1) is 0 Å². The van der Waals surface area contributed by atoms with Crippen molar-refractivity contribution in [1.82, 2.24) is 0 Å². The lowest BCUT2D eigenvalue weighted by Gasteiger charge is -1.92. The first kappa shape index (κ1) is 11.8. The van der Waals surface area contributed by atoms with E-state index in [1.807, 2.05) is 0 Å². The molecule has 0 saturated carbocycles. The molecule has 18 heavy (non-hydrogen) atoms. The Morgan fingerprint density at radius 2 is 1.22 bits per heavy atom. The van der Waals surface area contributed by atoms with E-state index >= 15 is 0 Å². The highest BCUT2D eigenvalue weighted by atomic mass is 16.3. The van der Waals surface area contributed by atoms with Crippen molar-refractivity contribution in [2.24, 2.45) is 10.2 Å². The zero-order valence-corrected chi connectivity index (χ0v) is 9.32. The quantitative estimate of drug-likeness (QED) is 0.794. The van der Waals surface area contributed by atoms with Crippen LogP contribution < -0.4 is 5.43 Å². The molecule has 0 aliphatic heterocycles. The molecule has 2 N–H and O–H groups in total. The highest BCUT2D eigenvalue weighted by Gasteiger charge is 1.94. The molecule has 0 bridgehead atoms. The Hall–Kier alpha value is -2.69. The van der Waals surface area contributed by atoms with Crippen LogP contribution in [0.4, 0.5) is 11.4 Å². The van der Waals surface area contributed by atoms with Gasteiger partial charge in [0.2, 0.25) is 5.43 Å². The van der Waals surface area contributed by atoms with E-state index < -0.39 is 5.43 Å². The summed E-state index contributed by atoms with van der Waals surface area (Å²) < 4.78 is 0. The number of aromatic hydroxyl groups is 2. The molecule has 2 aromatic rings. The number of nitrogens with zero attached hydrogens (tertiary/aromatic N) is 2. The van der Waals surface area contributed by atoms with Crippen molar-refractivity contribution in [2.45, 2.75) is 0 Å². The molecule has 0 unspecified atom stereocenters. The lowest BCUT2D eigenvalue weighted by atomic mass is 10.3. The van der Waals surface area contributed by atoms with Crippen LogP contribution >= 0.6 is 0 Å². The summed E-state index contributed by atoms with van der Waals surface area (Å²) in [5, 5.41) is 26.2. The Kier molecular flexibility index (Phi) is 3.33. The van der Waals surface area contributed by atoms with Crippen LogP contribution in [0, 0.1) is 0 Å². The van der Waals surface area contributed by atoms with Crippen molar-refractivity contribution in [3.63, 3.8) is 0 Å². The fraction of sp³-hybridized carbons (Fsp3) is 0. The lowest BCUT2D eigenvalue weighted by molar-refractivity contribution is 0.471. The minimum absolute atomic E-state index is 0.154.